The molecule has 3 heterocycles. The first-order valence-electron chi connectivity index (χ1n) is 5.83. The number of aromatic nitrogens is 2. The number of carboxylic acids is 1. The van der Waals surface area contributed by atoms with Crippen molar-refractivity contribution in [3.8, 4) is 0 Å². The van der Waals surface area contributed by atoms with Gasteiger partial charge in [0.1, 0.15) is 5.65 Å². The summed E-state index contributed by atoms with van der Waals surface area (Å²) in [5.41, 5.74) is 0.722. The molecule has 7 heteroatoms. The number of imidazole rings is 1. The van der Waals surface area contributed by atoms with E-state index in [4.69, 9.17) is 11.6 Å². The number of anilines is 1. The van der Waals surface area contributed by atoms with E-state index in [2.05, 4.69) is 10.3 Å². The van der Waals surface area contributed by atoms with E-state index in [0.29, 0.717) is 22.3 Å². The largest absolute Gasteiger partial charge is 0.476 e. The number of fused-ring (bicyclic) bond motifs is 1. The van der Waals surface area contributed by atoms with Gasteiger partial charge in [-0.1, -0.05) is 17.7 Å². The average molecular weight is 308 g/mol. The first kappa shape index (κ1) is 13.0. The maximum atomic E-state index is 11.4. The Bertz CT molecular complexity index is 781. The number of rotatable bonds is 4. The Balaban J connectivity index is 1.94. The van der Waals surface area contributed by atoms with E-state index >= 15 is 0 Å². The second-order valence-corrected chi connectivity index (χ2v) is 5.90. The van der Waals surface area contributed by atoms with Gasteiger partial charge in [0.05, 0.1) is 10.9 Å². The zero-order valence-corrected chi connectivity index (χ0v) is 11.8. The Morgan fingerprint density at radius 1 is 1.40 bits per heavy atom. The number of hydrogen-bond donors (Lipinski definition) is 2. The van der Waals surface area contributed by atoms with Gasteiger partial charge in [0, 0.05) is 11.1 Å². The molecule has 5 nitrogen and oxygen atoms in total. The Morgan fingerprint density at radius 3 is 2.95 bits per heavy atom. The maximum absolute atomic E-state index is 11.4. The van der Waals surface area contributed by atoms with E-state index in [1.807, 2.05) is 18.2 Å². The predicted octanol–water partition coefficient (Wildman–Crippen LogP) is 3.36. The molecule has 0 saturated heterocycles. The molecule has 0 aromatic carbocycles. The van der Waals surface area contributed by atoms with Crippen LogP contribution in [-0.2, 0) is 6.54 Å². The molecular formula is C13H10ClN3O2S. The third-order valence-electron chi connectivity index (χ3n) is 2.79. The van der Waals surface area contributed by atoms with Gasteiger partial charge in [-0.2, -0.15) is 0 Å². The van der Waals surface area contributed by atoms with Crippen LogP contribution in [0.2, 0.25) is 4.34 Å². The number of nitrogens with one attached hydrogen (secondary N) is 1. The first-order chi connectivity index (χ1) is 9.65. The normalized spacial score (nSPS) is 10.8. The van der Waals surface area contributed by atoms with Crippen molar-refractivity contribution in [1.29, 1.82) is 0 Å². The Hall–Kier alpha value is -2.05. The smallest absolute Gasteiger partial charge is 0.356 e. The molecule has 0 aliphatic heterocycles. The van der Waals surface area contributed by atoms with E-state index in [0.717, 1.165) is 4.88 Å². The fourth-order valence-electron chi connectivity index (χ4n) is 1.94. The number of thiophene rings is 1. The summed E-state index contributed by atoms with van der Waals surface area (Å²) in [5.74, 6) is -0.663. The molecular weight excluding hydrogens is 298 g/mol. The fraction of sp³-hybridized carbons (Fsp3) is 0.0769. The van der Waals surface area contributed by atoms with E-state index in [9.17, 15) is 9.90 Å². The van der Waals surface area contributed by atoms with Gasteiger partial charge in [0.2, 0.25) is 0 Å². The minimum Gasteiger partial charge on any atom is -0.476 e. The molecule has 3 aromatic heterocycles. The van der Waals surface area contributed by atoms with Gasteiger partial charge in [0.25, 0.3) is 0 Å². The zero-order chi connectivity index (χ0) is 14.1. The van der Waals surface area contributed by atoms with Gasteiger partial charge in [-0.15, -0.1) is 11.3 Å². The summed E-state index contributed by atoms with van der Waals surface area (Å²) in [6.07, 6.45) is 1.68. The first-order valence-corrected chi connectivity index (χ1v) is 7.03. The van der Waals surface area contributed by atoms with Crippen LogP contribution in [0.1, 0.15) is 15.4 Å². The van der Waals surface area contributed by atoms with Crippen molar-refractivity contribution < 1.29 is 9.90 Å². The van der Waals surface area contributed by atoms with Crippen LogP contribution >= 0.6 is 22.9 Å². The van der Waals surface area contributed by atoms with Gasteiger partial charge in [-0.25, -0.2) is 9.78 Å². The van der Waals surface area contributed by atoms with Crippen LogP contribution < -0.4 is 5.32 Å². The highest BCUT2D eigenvalue weighted by molar-refractivity contribution is 7.16. The lowest BCUT2D eigenvalue weighted by molar-refractivity contribution is 0.0690. The SMILES string of the molecule is O=C(O)c1c(NCc2ccc(Cl)s2)nc2ccccn12. The fourth-order valence-corrected chi connectivity index (χ4v) is 2.97. The molecule has 0 spiro atoms. The van der Waals surface area contributed by atoms with Gasteiger partial charge in [-0.05, 0) is 24.3 Å². The Kier molecular flexibility index (Phi) is 3.33. The second-order valence-electron chi connectivity index (χ2n) is 4.10. The standard InChI is InChI=1S/C13H10ClN3O2S/c14-9-5-4-8(20-9)7-15-12-11(13(18)19)17-6-2-1-3-10(17)16-12/h1-6,15H,7H2,(H,18,19). The van der Waals surface area contributed by atoms with E-state index in [-0.39, 0.29) is 5.69 Å². The molecule has 3 aromatic rings. The van der Waals surface area contributed by atoms with Gasteiger partial charge in [-0.3, -0.25) is 4.40 Å². The summed E-state index contributed by atoms with van der Waals surface area (Å²) in [6, 6.07) is 9.06. The molecule has 0 atom stereocenters. The summed E-state index contributed by atoms with van der Waals surface area (Å²) >= 11 is 7.31. The number of carbonyl (C=O) groups is 1. The highest BCUT2D eigenvalue weighted by Crippen LogP contribution is 2.23. The van der Waals surface area contributed by atoms with Gasteiger partial charge in [0.15, 0.2) is 11.5 Å². The number of carboxylic acid groups (broad SMARTS) is 1. The summed E-state index contributed by atoms with van der Waals surface area (Å²) in [5, 5.41) is 12.4. The summed E-state index contributed by atoms with van der Waals surface area (Å²) in [6.45, 7) is 0.488. The second kappa shape index (κ2) is 5.15. The van der Waals surface area contributed by atoms with Crippen molar-refractivity contribution in [2.45, 2.75) is 6.54 Å². The minimum absolute atomic E-state index is 0.128. The van der Waals surface area contributed by atoms with Gasteiger partial charge < -0.3 is 10.4 Å². The van der Waals surface area contributed by atoms with Gasteiger partial charge >= 0.3 is 5.97 Å². The summed E-state index contributed by atoms with van der Waals surface area (Å²) in [4.78, 5) is 16.7. The van der Waals surface area contributed by atoms with Crippen LogP contribution in [0.4, 0.5) is 5.82 Å². The molecule has 0 bridgehead atoms. The number of aromatic carboxylic acids is 1. The van der Waals surface area contributed by atoms with Crippen molar-refractivity contribution in [1.82, 2.24) is 9.38 Å². The number of hydrogen-bond acceptors (Lipinski definition) is 4. The molecule has 0 aliphatic rings. The average Bonchev–Trinajstić information content (AvgIpc) is 2.99. The van der Waals surface area contributed by atoms with Crippen molar-refractivity contribution >= 4 is 40.4 Å². The summed E-state index contributed by atoms with van der Waals surface area (Å²) in [7, 11) is 0. The van der Waals surface area contributed by atoms with Crippen LogP contribution in [0.25, 0.3) is 5.65 Å². The third kappa shape index (κ3) is 2.35. The van der Waals surface area contributed by atoms with E-state index in [1.54, 1.807) is 22.7 Å². The van der Waals surface area contributed by atoms with Crippen LogP contribution in [0.15, 0.2) is 36.5 Å². The lowest BCUT2D eigenvalue weighted by Gasteiger charge is -2.02. The van der Waals surface area contributed by atoms with Crippen molar-refractivity contribution in [2.24, 2.45) is 0 Å². The lowest BCUT2D eigenvalue weighted by Crippen LogP contribution is -2.07. The molecule has 0 aliphatic carbocycles. The van der Waals surface area contributed by atoms with Crippen LogP contribution in [-0.4, -0.2) is 20.5 Å². The van der Waals surface area contributed by atoms with E-state index < -0.39 is 5.97 Å². The molecule has 20 heavy (non-hydrogen) atoms. The molecule has 0 fully saturated rings. The quantitative estimate of drug-likeness (QED) is 0.775. The monoisotopic (exact) mass is 307 g/mol. The minimum atomic E-state index is -1.02. The highest BCUT2D eigenvalue weighted by Gasteiger charge is 2.18. The third-order valence-corrected chi connectivity index (χ3v) is 4.02. The molecule has 0 radical (unpaired) electrons. The van der Waals surface area contributed by atoms with Crippen molar-refractivity contribution in [3.05, 3.63) is 51.4 Å². The summed E-state index contributed by atoms with van der Waals surface area (Å²) < 4.78 is 2.25. The lowest BCUT2D eigenvalue weighted by atomic mass is 10.4. The molecule has 2 N–H and O–H groups in total. The molecule has 3 rings (SSSR count). The molecule has 0 amide bonds. The number of nitrogens with zero attached hydrogens (tertiary/aromatic N) is 2. The van der Waals surface area contributed by atoms with Crippen LogP contribution in [0.5, 0.6) is 0 Å². The number of pyridine rings is 1. The van der Waals surface area contributed by atoms with Crippen molar-refractivity contribution in [3.63, 3.8) is 0 Å². The van der Waals surface area contributed by atoms with E-state index in [1.165, 1.54) is 11.3 Å². The number of halogens is 1. The maximum Gasteiger partial charge on any atom is 0.356 e. The molecule has 102 valence electrons. The Labute approximate surface area is 123 Å². The molecule has 0 saturated carbocycles. The van der Waals surface area contributed by atoms with Crippen LogP contribution in [0.3, 0.4) is 0 Å². The van der Waals surface area contributed by atoms with Crippen molar-refractivity contribution in [2.75, 3.05) is 5.32 Å². The van der Waals surface area contributed by atoms with Crippen LogP contribution in [0, 0.1) is 0 Å². The topological polar surface area (TPSA) is 66.6 Å². The Morgan fingerprint density at radius 2 is 2.25 bits per heavy atom. The zero-order valence-electron chi connectivity index (χ0n) is 10.2. The molecule has 0 unspecified atom stereocenters. The predicted molar refractivity (Wildman–Crippen MR) is 78.8 cm³/mol. The highest BCUT2D eigenvalue weighted by atomic mass is 35.5.